The number of methoxy groups -OCH3 is 1. The fraction of sp³-hybridized carbons (Fsp3) is 0.474. The highest BCUT2D eigenvalue weighted by molar-refractivity contribution is 6.35. The number of carbonyl (C=O) groups excluding carboxylic acids is 5. The van der Waals surface area contributed by atoms with E-state index in [4.69, 9.17) is 25.8 Å². The average molecular weight is 848 g/mol. The van der Waals surface area contributed by atoms with Gasteiger partial charge in [0, 0.05) is 41.9 Å². The molecular formula is C38H45ClF3N9O8. The number of hydrogen-bond acceptors (Lipinski definition) is 13. The first-order valence-electron chi connectivity index (χ1n) is 18.6. The number of esters is 1. The van der Waals surface area contributed by atoms with Crippen LogP contribution in [0.4, 0.5) is 35.5 Å². The van der Waals surface area contributed by atoms with Crippen molar-refractivity contribution in [1.29, 1.82) is 0 Å². The number of aromatic nitrogens is 3. The van der Waals surface area contributed by atoms with Crippen molar-refractivity contribution in [2.24, 2.45) is 0 Å². The maximum atomic E-state index is 13.1. The summed E-state index contributed by atoms with van der Waals surface area (Å²) in [5.41, 5.74) is 0.151. The summed E-state index contributed by atoms with van der Waals surface area (Å²) in [4.78, 5) is 76.9. The van der Waals surface area contributed by atoms with E-state index in [9.17, 15) is 37.1 Å². The summed E-state index contributed by atoms with van der Waals surface area (Å²) in [6, 6.07) is 10.8. The monoisotopic (exact) mass is 847 g/mol. The number of benzene rings is 2. The van der Waals surface area contributed by atoms with Gasteiger partial charge in [0.05, 0.1) is 12.6 Å². The van der Waals surface area contributed by atoms with Crippen LogP contribution in [0.3, 0.4) is 0 Å². The Kier molecular flexibility index (Phi) is 14.1. The Morgan fingerprint density at radius 2 is 1.56 bits per heavy atom. The van der Waals surface area contributed by atoms with Gasteiger partial charge in [-0.25, -0.2) is 9.59 Å². The summed E-state index contributed by atoms with van der Waals surface area (Å²) in [6.07, 6.45) is -2.95. The highest BCUT2D eigenvalue weighted by Crippen LogP contribution is 2.48. The number of hydrogen-bond donors (Lipinski definition) is 5. The SMILES string of the molecule is COC(=O)[C@H](CCNC(=O)C(=O)NC1CCN(C(=O)OC(C)(C)C)CC1)NC(=O)c1ccc(Nc2nc(NC3(c4ccc(Cl)cc4)CC3)nc(OCC(F)(F)F)n2)cc1. The van der Waals surface area contributed by atoms with Crippen LogP contribution in [0.1, 0.15) is 68.8 Å². The van der Waals surface area contributed by atoms with E-state index in [1.54, 1.807) is 32.9 Å². The minimum absolute atomic E-state index is 0.0359. The van der Waals surface area contributed by atoms with Gasteiger partial charge in [-0.3, -0.25) is 14.4 Å². The molecule has 1 aromatic heterocycles. The van der Waals surface area contributed by atoms with Crippen LogP contribution < -0.4 is 31.3 Å². The molecule has 17 nitrogen and oxygen atoms in total. The van der Waals surface area contributed by atoms with Crippen molar-refractivity contribution < 1.29 is 51.4 Å². The van der Waals surface area contributed by atoms with Gasteiger partial charge in [0.2, 0.25) is 11.9 Å². The predicted octanol–water partition coefficient (Wildman–Crippen LogP) is 4.60. The number of anilines is 3. The molecular weight excluding hydrogens is 803 g/mol. The summed E-state index contributed by atoms with van der Waals surface area (Å²) in [7, 11) is 1.13. The van der Waals surface area contributed by atoms with Gasteiger partial charge in [-0.1, -0.05) is 23.7 Å². The van der Waals surface area contributed by atoms with Crippen molar-refractivity contribution in [2.45, 2.75) is 82.3 Å². The van der Waals surface area contributed by atoms with Gasteiger partial charge in [0.1, 0.15) is 11.6 Å². The number of rotatable bonds is 14. The number of carbonyl (C=O) groups is 5. The number of alkyl halides is 3. The maximum Gasteiger partial charge on any atom is 0.422 e. The molecule has 2 fully saturated rings. The van der Waals surface area contributed by atoms with Gasteiger partial charge in [-0.2, -0.15) is 28.1 Å². The lowest BCUT2D eigenvalue weighted by atomic mass is 10.1. The molecule has 2 aliphatic rings. The molecule has 2 heterocycles. The highest BCUT2D eigenvalue weighted by Gasteiger charge is 2.45. The third-order valence-electron chi connectivity index (χ3n) is 9.08. The Hall–Kier alpha value is -5.92. The van der Waals surface area contributed by atoms with Crippen LogP contribution in [-0.4, -0.2) is 107 Å². The molecule has 21 heteroatoms. The fourth-order valence-electron chi connectivity index (χ4n) is 5.93. The molecule has 1 saturated carbocycles. The first-order chi connectivity index (χ1) is 27.8. The first kappa shape index (κ1) is 44.2. The van der Waals surface area contributed by atoms with Crippen molar-refractivity contribution in [3.05, 3.63) is 64.7 Å². The summed E-state index contributed by atoms with van der Waals surface area (Å²) >= 11 is 6.03. The molecule has 59 heavy (non-hydrogen) atoms. The van der Waals surface area contributed by atoms with Gasteiger partial charge < -0.3 is 45.7 Å². The zero-order valence-electron chi connectivity index (χ0n) is 32.7. The number of amides is 4. The molecule has 0 spiro atoms. The second-order valence-electron chi connectivity index (χ2n) is 14.9. The lowest BCUT2D eigenvalue weighted by molar-refractivity contribution is -0.154. The molecule has 0 radical (unpaired) electrons. The highest BCUT2D eigenvalue weighted by atomic mass is 35.5. The third kappa shape index (κ3) is 13.3. The number of ether oxygens (including phenoxy) is 3. The Morgan fingerprint density at radius 3 is 2.15 bits per heavy atom. The van der Waals surface area contributed by atoms with Crippen LogP contribution in [0.15, 0.2) is 48.5 Å². The zero-order valence-corrected chi connectivity index (χ0v) is 33.5. The number of nitrogens with one attached hydrogen (secondary N) is 5. The molecule has 318 valence electrons. The van der Waals surface area contributed by atoms with Gasteiger partial charge in [-0.15, -0.1) is 0 Å². The molecule has 1 aliphatic heterocycles. The van der Waals surface area contributed by atoms with Crippen LogP contribution in [0.5, 0.6) is 6.01 Å². The smallest absolute Gasteiger partial charge is 0.422 e. The Balaban J connectivity index is 1.14. The average Bonchev–Trinajstić information content (AvgIpc) is 3.96. The van der Waals surface area contributed by atoms with Gasteiger partial charge in [0.15, 0.2) is 6.61 Å². The third-order valence-corrected chi connectivity index (χ3v) is 9.33. The van der Waals surface area contributed by atoms with E-state index in [1.807, 2.05) is 12.1 Å². The topological polar surface area (TPSA) is 215 Å². The molecule has 1 saturated heterocycles. The quantitative estimate of drug-likeness (QED) is 0.111. The normalized spacial score (nSPS) is 15.6. The minimum Gasteiger partial charge on any atom is -0.467 e. The number of piperidine rings is 1. The lowest BCUT2D eigenvalue weighted by Crippen LogP contribution is -2.51. The van der Waals surface area contributed by atoms with E-state index in [2.05, 4.69) is 41.5 Å². The largest absolute Gasteiger partial charge is 0.467 e. The van der Waals surface area contributed by atoms with Crippen LogP contribution in [0, 0.1) is 0 Å². The molecule has 3 aromatic rings. The molecule has 1 aliphatic carbocycles. The van der Waals surface area contributed by atoms with Gasteiger partial charge in [0.25, 0.3) is 5.91 Å². The van der Waals surface area contributed by atoms with Crippen LogP contribution in [0.25, 0.3) is 0 Å². The minimum atomic E-state index is -4.64. The number of nitrogens with zero attached hydrogens (tertiary/aromatic N) is 4. The lowest BCUT2D eigenvalue weighted by Gasteiger charge is -2.33. The van der Waals surface area contributed by atoms with Gasteiger partial charge >= 0.3 is 36.1 Å². The predicted molar refractivity (Wildman–Crippen MR) is 207 cm³/mol. The van der Waals surface area contributed by atoms with Crippen molar-refractivity contribution >= 4 is 59.0 Å². The van der Waals surface area contributed by atoms with E-state index in [-0.39, 0.29) is 36.5 Å². The second-order valence-corrected chi connectivity index (χ2v) is 15.3. The van der Waals surface area contributed by atoms with E-state index >= 15 is 0 Å². The van der Waals surface area contributed by atoms with Crippen molar-refractivity contribution in [3.63, 3.8) is 0 Å². The fourth-order valence-corrected chi connectivity index (χ4v) is 6.06. The molecule has 0 unspecified atom stereocenters. The zero-order chi connectivity index (χ0) is 43.0. The number of likely N-dealkylation sites (tertiary alicyclic amines) is 1. The Bertz CT molecular complexity index is 1990. The van der Waals surface area contributed by atoms with E-state index < -0.39 is 65.8 Å². The van der Waals surface area contributed by atoms with E-state index in [0.29, 0.717) is 49.5 Å². The van der Waals surface area contributed by atoms with E-state index in [0.717, 1.165) is 12.7 Å². The molecule has 1 atom stereocenters. The maximum absolute atomic E-state index is 13.1. The van der Waals surface area contributed by atoms with Crippen molar-refractivity contribution in [2.75, 3.05) is 44.0 Å². The first-order valence-corrected chi connectivity index (χ1v) is 19.0. The summed E-state index contributed by atoms with van der Waals surface area (Å²) < 4.78 is 54.0. The summed E-state index contributed by atoms with van der Waals surface area (Å²) in [5.74, 6) is -3.46. The molecule has 5 N–H and O–H groups in total. The van der Waals surface area contributed by atoms with Crippen LogP contribution in [0.2, 0.25) is 5.02 Å². The molecule has 4 amide bonds. The second kappa shape index (κ2) is 18.8. The molecule has 0 bridgehead atoms. The standard InChI is InChI=1S/C38H45ClF3N9O8/c1-36(2,3)59-35(56)51-19-14-26(15-20-51)44-30(54)29(53)43-18-13-27(31(55)57-4)46-28(52)22-5-11-25(12-6-22)45-32-47-33(49-34(48-32)58-21-38(40,41)42)50-37(16-17-37)23-7-9-24(39)10-8-23/h5-12,26-27H,13-21H2,1-4H3,(H,43,53)(H,44,54)(H,46,52)(H2,45,47,48,49,50)/t27-/m0/s1. The van der Waals surface area contributed by atoms with Gasteiger partial charge in [-0.05, 0) is 94.8 Å². The van der Waals surface area contributed by atoms with Crippen LogP contribution >= 0.6 is 11.6 Å². The number of halogens is 4. The van der Waals surface area contributed by atoms with Crippen LogP contribution in [-0.2, 0) is 29.4 Å². The van der Waals surface area contributed by atoms with Crippen molar-refractivity contribution in [1.82, 2.24) is 35.8 Å². The van der Waals surface area contributed by atoms with E-state index in [1.165, 1.54) is 29.2 Å². The summed E-state index contributed by atoms with van der Waals surface area (Å²) in [6.45, 7) is 4.20. The molecule has 5 rings (SSSR count). The van der Waals surface area contributed by atoms with Crippen molar-refractivity contribution in [3.8, 4) is 6.01 Å². The summed E-state index contributed by atoms with van der Waals surface area (Å²) in [5, 5.41) is 14.2. The Morgan fingerprint density at radius 1 is 0.915 bits per heavy atom. The molecule has 2 aromatic carbocycles. The Labute approximate surface area is 342 Å².